The van der Waals surface area contributed by atoms with Crippen LogP contribution in [0.5, 0.6) is 0 Å². The SMILES string of the molecule is C=Cc1c(/C=C\C)ccc2c(-c3cccc(C(/C=C(\N)c4ccc(C5=CC=CC=CC5)cc4)=NCc4ccc(C5=CC=CCC5)cc4)n3)nc3ccccc3c12. The Morgan fingerprint density at radius 2 is 1.57 bits per heavy atom. The van der Waals surface area contributed by atoms with Crippen molar-refractivity contribution in [1.29, 1.82) is 0 Å². The van der Waals surface area contributed by atoms with E-state index in [1.807, 2.05) is 43.3 Å². The van der Waals surface area contributed by atoms with Gasteiger partial charge in [-0.2, -0.15) is 0 Å². The van der Waals surface area contributed by atoms with Crippen molar-refractivity contribution in [2.45, 2.75) is 32.7 Å². The first-order valence-electron chi connectivity index (χ1n) is 19.3. The number of rotatable bonds is 10. The second-order valence-electron chi connectivity index (χ2n) is 14.0. The largest absolute Gasteiger partial charge is 0.398 e. The number of para-hydroxylation sites is 1. The molecule has 0 atom stereocenters. The first kappa shape index (κ1) is 36.1. The van der Waals surface area contributed by atoms with Crippen molar-refractivity contribution in [2.24, 2.45) is 10.7 Å². The molecule has 2 heterocycles. The molecule has 272 valence electrons. The molecule has 0 saturated heterocycles. The van der Waals surface area contributed by atoms with E-state index < -0.39 is 0 Å². The molecule has 8 rings (SSSR count). The maximum Gasteiger partial charge on any atom is 0.0972 e. The Morgan fingerprint density at radius 1 is 0.768 bits per heavy atom. The Labute approximate surface area is 329 Å². The fraction of sp³-hybridized carbons (Fsp3) is 0.0962. The molecule has 2 aromatic heterocycles. The molecule has 0 radical (unpaired) electrons. The zero-order valence-corrected chi connectivity index (χ0v) is 31.7. The Bertz CT molecular complexity index is 2700. The lowest BCUT2D eigenvalue weighted by Crippen LogP contribution is -2.07. The molecule has 2 N–H and O–H groups in total. The number of allylic oxidation sites excluding steroid dienone is 12. The third-order valence-corrected chi connectivity index (χ3v) is 10.4. The van der Waals surface area contributed by atoms with Gasteiger partial charge in [0.25, 0.3) is 0 Å². The number of hydrogen-bond acceptors (Lipinski definition) is 4. The Hall–Kier alpha value is -6.91. The minimum absolute atomic E-state index is 0.478. The highest BCUT2D eigenvalue weighted by Gasteiger charge is 2.17. The van der Waals surface area contributed by atoms with Crippen LogP contribution in [0.15, 0.2) is 175 Å². The lowest BCUT2D eigenvalue weighted by Gasteiger charge is -2.14. The maximum atomic E-state index is 6.89. The van der Waals surface area contributed by atoms with Gasteiger partial charge in [-0.1, -0.05) is 158 Å². The summed E-state index contributed by atoms with van der Waals surface area (Å²) in [7, 11) is 0. The minimum Gasteiger partial charge on any atom is -0.398 e. The Balaban J connectivity index is 1.21. The van der Waals surface area contributed by atoms with Gasteiger partial charge in [0.1, 0.15) is 0 Å². The van der Waals surface area contributed by atoms with Crippen molar-refractivity contribution < 1.29 is 0 Å². The summed E-state index contributed by atoms with van der Waals surface area (Å²) in [5, 5.41) is 3.21. The minimum atomic E-state index is 0.478. The molecular weight excluding hydrogens is 681 g/mol. The fourth-order valence-corrected chi connectivity index (χ4v) is 7.48. The Morgan fingerprint density at radius 3 is 2.38 bits per heavy atom. The second kappa shape index (κ2) is 16.6. The van der Waals surface area contributed by atoms with Gasteiger partial charge in [0.05, 0.1) is 34.9 Å². The molecule has 56 heavy (non-hydrogen) atoms. The second-order valence-corrected chi connectivity index (χ2v) is 14.0. The number of fused-ring (bicyclic) bond motifs is 3. The third kappa shape index (κ3) is 7.69. The highest BCUT2D eigenvalue weighted by Crippen LogP contribution is 2.36. The highest BCUT2D eigenvalue weighted by molar-refractivity contribution is 6.15. The quantitative estimate of drug-likeness (QED) is 0.113. The van der Waals surface area contributed by atoms with Crippen LogP contribution in [0, 0.1) is 0 Å². The molecule has 6 aromatic rings. The topological polar surface area (TPSA) is 64.2 Å². The summed E-state index contributed by atoms with van der Waals surface area (Å²) in [6.07, 6.45) is 28.2. The zero-order chi connectivity index (χ0) is 38.3. The lowest BCUT2D eigenvalue weighted by atomic mass is 9.93. The van der Waals surface area contributed by atoms with Crippen LogP contribution in [-0.2, 0) is 6.54 Å². The van der Waals surface area contributed by atoms with Crippen molar-refractivity contribution in [1.82, 2.24) is 9.97 Å². The molecule has 4 heteroatoms. The van der Waals surface area contributed by atoms with Crippen LogP contribution >= 0.6 is 0 Å². The van der Waals surface area contributed by atoms with Gasteiger partial charge in [0, 0.05) is 21.9 Å². The van der Waals surface area contributed by atoms with E-state index in [1.165, 1.54) is 22.3 Å². The van der Waals surface area contributed by atoms with E-state index in [9.17, 15) is 0 Å². The summed E-state index contributed by atoms with van der Waals surface area (Å²) < 4.78 is 0. The average molecular weight is 725 g/mol. The summed E-state index contributed by atoms with van der Waals surface area (Å²) in [5.74, 6) is 0. The van der Waals surface area contributed by atoms with Crippen LogP contribution < -0.4 is 5.73 Å². The van der Waals surface area contributed by atoms with Gasteiger partial charge in [-0.3, -0.25) is 4.99 Å². The molecule has 4 nitrogen and oxygen atoms in total. The normalized spacial score (nSPS) is 14.7. The predicted octanol–water partition coefficient (Wildman–Crippen LogP) is 12.7. The number of pyridine rings is 2. The maximum absolute atomic E-state index is 6.89. The van der Waals surface area contributed by atoms with Crippen LogP contribution in [0.1, 0.15) is 65.3 Å². The summed E-state index contributed by atoms with van der Waals surface area (Å²) in [6.45, 7) is 6.72. The number of benzene rings is 4. The number of nitrogens with zero attached hydrogens (tertiary/aromatic N) is 3. The molecule has 0 saturated carbocycles. The van der Waals surface area contributed by atoms with Gasteiger partial charge < -0.3 is 5.73 Å². The zero-order valence-electron chi connectivity index (χ0n) is 31.7. The van der Waals surface area contributed by atoms with Crippen molar-refractivity contribution >= 4 is 56.4 Å². The molecule has 0 unspecified atom stereocenters. The van der Waals surface area contributed by atoms with Crippen LogP contribution in [0.25, 0.3) is 62.1 Å². The standard InChI is InChI=1S/C52H44N4/c1-3-15-41-32-33-45-51(43(41)4-2)44-20-12-13-21-47(44)56-52(45)49-23-14-22-48(55-49)50(54-35-36-24-26-39(27-25-36)37-18-10-7-11-19-37)34-46(53)42-30-28-40(29-31-42)38-16-8-5-6-9-17-38/h3-10,12-16,18,20-34H,2,11,17,19,35,53H2,1H3/b15-3-,46-34-,54-50?. The molecule has 4 aromatic carbocycles. The van der Waals surface area contributed by atoms with E-state index in [4.69, 9.17) is 20.7 Å². The van der Waals surface area contributed by atoms with Crippen LogP contribution in [-0.4, -0.2) is 15.7 Å². The van der Waals surface area contributed by atoms with Gasteiger partial charge in [-0.05, 0) is 95.0 Å². The van der Waals surface area contributed by atoms with Crippen molar-refractivity contribution in [3.05, 3.63) is 210 Å². The number of aliphatic imine (C=N–C) groups is 1. The fourth-order valence-electron chi connectivity index (χ4n) is 7.48. The van der Waals surface area contributed by atoms with Crippen LogP contribution in [0.3, 0.4) is 0 Å². The van der Waals surface area contributed by atoms with E-state index in [-0.39, 0.29) is 0 Å². The molecule has 2 aliphatic carbocycles. The van der Waals surface area contributed by atoms with Crippen LogP contribution in [0.4, 0.5) is 0 Å². The number of hydrogen-bond donors (Lipinski definition) is 1. The van der Waals surface area contributed by atoms with Gasteiger partial charge in [-0.15, -0.1) is 0 Å². The molecule has 2 aliphatic rings. The van der Waals surface area contributed by atoms with Gasteiger partial charge in [0.15, 0.2) is 0 Å². The monoisotopic (exact) mass is 724 g/mol. The van der Waals surface area contributed by atoms with E-state index in [2.05, 4.69) is 146 Å². The van der Waals surface area contributed by atoms with Crippen molar-refractivity contribution in [2.75, 3.05) is 0 Å². The average Bonchev–Trinajstić information content (AvgIpc) is 3.55. The van der Waals surface area contributed by atoms with Gasteiger partial charge in [0.2, 0.25) is 0 Å². The van der Waals surface area contributed by atoms with Crippen molar-refractivity contribution in [3.8, 4) is 11.4 Å². The Kier molecular flexibility index (Phi) is 10.7. The summed E-state index contributed by atoms with van der Waals surface area (Å²) >= 11 is 0. The summed E-state index contributed by atoms with van der Waals surface area (Å²) in [4.78, 5) is 15.7. The number of nitrogens with two attached hydrogens (primary N) is 1. The van der Waals surface area contributed by atoms with Crippen molar-refractivity contribution in [3.63, 3.8) is 0 Å². The summed E-state index contributed by atoms with van der Waals surface area (Å²) in [6, 6.07) is 35.8. The van der Waals surface area contributed by atoms with Gasteiger partial charge in [-0.25, -0.2) is 9.97 Å². The number of aromatic nitrogens is 2. The molecule has 0 bridgehead atoms. The van der Waals surface area contributed by atoms with E-state index in [0.717, 1.165) is 80.3 Å². The molecule has 0 fully saturated rings. The smallest absolute Gasteiger partial charge is 0.0972 e. The molecular formula is C52H44N4. The van der Waals surface area contributed by atoms with Gasteiger partial charge >= 0.3 is 0 Å². The predicted molar refractivity (Wildman–Crippen MR) is 240 cm³/mol. The lowest BCUT2D eigenvalue weighted by molar-refractivity contribution is 1.05. The van der Waals surface area contributed by atoms with E-state index in [1.54, 1.807) is 0 Å². The van der Waals surface area contributed by atoms with Crippen LogP contribution in [0.2, 0.25) is 0 Å². The molecule has 0 spiro atoms. The summed E-state index contributed by atoms with van der Waals surface area (Å²) in [5.41, 5.74) is 20.7. The first-order valence-corrected chi connectivity index (χ1v) is 19.3. The van der Waals surface area contributed by atoms with E-state index in [0.29, 0.717) is 18.0 Å². The highest BCUT2D eigenvalue weighted by atomic mass is 14.8. The molecule has 0 amide bonds. The molecule has 0 aliphatic heterocycles. The first-order chi connectivity index (χ1) is 27.6. The van der Waals surface area contributed by atoms with E-state index >= 15 is 0 Å². The third-order valence-electron chi connectivity index (χ3n) is 10.4.